The van der Waals surface area contributed by atoms with E-state index < -0.39 is 0 Å². The van der Waals surface area contributed by atoms with E-state index in [0.29, 0.717) is 11.6 Å². The van der Waals surface area contributed by atoms with E-state index in [4.69, 9.17) is 5.73 Å². The zero-order chi connectivity index (χ0) is 12.8. The molecule has 17 heavy (non-hydrogen) atoms. The molecule has 1 aromatic carbocycles. The number of aromatic hydroxyl groups is 1. The summed E-state index contributed by atoms with van der Waals surface area (Å²) in [6.07, 6.45) is 1.20. The quantitative estimate of drug-likeness (QED) is 0.590. The van der Waals surface area contributed by atoms with Crippen LogP contribution in [0.3, 0.4) is 0 Å². The summed E-state index contributed by atoms with van der Waals surface area (Å²) in [7, 11) is 0. The second-order valence-electron chi connectivity index (χ2n) is 4.73. The first-order valence-corrected chi connectivity index (χ1v) is 6.36. The average Bonchev–Trinajstić information content (AvgIpc) is 2.32. The van der Waals surface area contributed by atoms with Gasteiger partial charge in [0.2, 0.25) is 0 Å². The van der Waals surface area contributed by atoms with Gasteiger partial charge in [-0.2, -0.15) is 0 Å². The van der Waals surface area contributed by atoms with E-state index in [0.717, 1.165) is 25.2 Å². The number of hydrogen-bond acceptors (Lipinski definition) is 3. The Balaban J connectivity index is 2.63. The zero-order valence-electron chi connectivity index (χ0n) is 11.1. The molecule has 0 spiro atoms. The molecule has 1 aromatic rings. The SMILES string of the molecule is CCC(C)CN(CC)Cc1ccc(O)c(N)c1. The highest BCUT2D eigenvalue weighted by Crippen LogP contribution is 2.21. The maximum absolute atomic E-state index is 9.38. The molecule has 0 fully saturated rings. The van der Waals surface area contributed by atoms with Crippen molar-refractivity contribution in [1.29, 1.82) is 0 Å². The lowest BCUT2D eigenvalue weighted by molar-refractivity contribution is 0.238. The molecule has 0 bridgehead atoms. The Bertz CT molecular complexity index is 352. The van der Waals surface area contributed by atoms with Crippen molar-refractivity contribution in [2.75, 3.05) is 18.8 Å². The van der Waals surface area contributed by atoms with Crippen molar-refractivity contribution >= 4 is 5.69 Å². The normalized spacial score (nSPS) is 12.9. The fourth-order valence-corrected chi connectivity index (χ4v) is 1.84. The van der Waals surface area contributed by atoms with E-state index >= 15 is 0 Å². The monoisotopic (exact) mass is 236 g/mol. The third-order valence-electron chi connectivity index (χ3n) is 3.21. The van der Waals surface area contributed by atoms with Crippen molar-refractivity contribution in [3.8, 4) is 5.75 Å². The number of nitrogen functional groups attached to an aromatic ring is 1. The Morgan fingerprint density at radius 3 is 2.59 bits per heavy atom. The molecule has 0 heterocycles. The third-order valence-corrected chi connectivity index (χ3v) is 3.21. The number of phenolic OH excluding ortho intramolecular Hbond substituents is 1. The number of nitrogens with two attached hydrogens (primary N) is 1. The Morgan fingerprint density at radius 1 is 1.35 bits per heavy atom. The number of nitrogens with zero attached hydrogens (tertiary/aromatic N) is 1. The van der Waals surface area contributed by atoms with Gasteiger partial charge in [0.15, 0.2) is 0 Å². The van der Waals surface area contributed by atoms with E-state index in [9.17, 15) is 5.11 Å². The van der Waals surface area contributed by atoms with Gasteiger partial charge in [-0.15, -0.1) is 0 Å². The van der Waals surface area contributed by atoms with Crippen LogP contribution in [-0.2, 0) is 6.54 Å². The summed E-state index contributed by atoms with van der Waals surface area (Å²) in [4.78, 5) is 2.40. The summed E-state index contributed by atoms with van der Waals surface area (Å²) < 4.78 is 0. The highest BCUT2D eigenvalue weighted by molar-refractivity contribution is 5.53. The maximum Gasteiger partial charge on any atom is 0.138 e. The van der Waals surface area contributed by atoms with Gasteiger partial charge in [-0.05, 0) is 30.2 Å². The lowest BCUT2D eigenvalue weighted by Gasteiger charge is -2.24. The zero-order valence-corrected chi connectivity index (χ0v) is 11.1. The van der Waals surface area contributed by atoms with Crippen LogP contribution in [0.1, 0.15) is 32.8 Å². The molecule has 0 aliphatic rings. The van der Waals surface area contributed by atoms with Crippen LogP contribution in [0.15, 0.2) is 18.2 Å². The summed E-state index contributed by atoms with van der Waals surface area (Å²) in [5.41, 5.74) is 7.31. The fraction of sp³-hybridized carbons (Fsp3) is 0.571. The van der Waals surface area contributed by atoms with Crippen LogP contribution in [0, 0.1) is 5.92 Å². The molecule has 96 valence electrons. The van der Waals surface area contributed by atoms with Gasteiger partial charge in [-0.1, -0.05) is 33.3 Å². The smallest absolute Gasteiger partial charge is 0.138 e. The van der Waals surface area contributed by atoms with Crippen molar-refractivity contribution in [1.82, 2.24) is 4.90 Å². The van der Waals surface area contributed by atoms with Crippen molar-refractivity contribution in [3.05, 3.63) is 23.8 Å². The average molecular weight is 236 g/mol. The minimum absolute atomic E-state index is 0.165. The Kier molecular flexibility index (Phi) is 5.29. The van der Waals surface area contributed by atoms with Crippen LogP contribution in [0.2, 0.25) is 0 Å². The van der Waals surface area contributed by atoms with Crippen molar-refractivity contribution in [2.45, 2.75) is 33.7 Å². The minimum atomic E-state index is 0.165. The van der Waals surface area contributed by atoms with Gasteiger partial charge in [0.05, 0.1) is 5.69 Å². The van der Waals surface area contributed by atoms with Crippen LogP contribution in [0.4, 0.5) is 5.69 Å². The third kappa shape index (κ3) is 4.27. The number of anilines is 1. The number of benzene rings is 1. The summed E-state index contributed by atoms with van der Waals surface area (Å²) in [6.45, 7) is 9.70. The van der Waals surface area contributed by atoms with Gasteiger partial charge < -0.3 is 10.8 Å². The van der Waals surface area contributed by atoms with Gasteiger partial charge in [0, 0.05) is 13.1 Å². The van der Waals surface area contributed by atoms with Crippen molar-refractivity contribution in [2.24, 2.45) is 5.92 Å². The highest BCUT2D eigenvalue weighted by atomic mass is 16.3. The first-order chi connectivity index (χ1) is 8.06. The van der Waals surface area contributed by atoms with E-state index in [-0.39, 0.29) is 5.75 Å². The van der Waals surface area contributed by atoms with Gasteiger partial charge in [0.1, 0.15) is 5.75 Å². The summed E-state index contributed by atoms with van der Waals surface area (Å²) >= 11 is 0. The number of hydrogen-bond donors (Lipinski definition) is 2. The molecule has 1 rings (SSSR count). The predicted molar refractivity (Wildman–Crippen MR) is 72.9 cm³/mol. The molecule has 1 unspecified atom stereocenters. The van der Waals surface area contributed by atoms with E-state index in [1.807, 2.05) is 12.1 Å². The Morgan fingerprint density at radius 2 is 2.06 bits per heavy atom. The lowest BCUT2D eigenvalue weighted by atomic mass is 10.1. The summed E-state index contributed by atoms with van der Waals surface area (Å²) in [6, 6.07) is 5.46. The largest absolute Gasteiger partial charge is 0.506 e. The molecule has 0 radical (unpaired) electrons. The molecule has 0 saturated carbocycles. The molecule has 1 atom stereocenters. The van der Waals surface area contributed by atoms with Crippen LogP contribution in [0.5, 0.6) is 5.75 Å². The molecule has 0 aliphatic carbocycles. The van der Waals surface area contributed by atoms with E-state index in [2.05, 4.69) is 25.7 Å². The molecular formula is C14H24N2O. The number of phenols is 1. The van der Waals surface area contributed by atoms with Crippen LogP contribution >= 0.6 is 0 Å². The number of rotatable bonds is 6. The standard InChI is InChI=1S/C14H24N2O/c1-4-11(3)9-16(5-2)10-12-6-7-14(17)13(15)8-12/h6-8,11,17H,4-5,9-10,15H2,1-3H3. The second kappa shape index (κ2) is 6.50. The highest BCUT2D eigenvalue weighted by Gasteiger charge is 2.08. The van der Waals surface area contributed by atoms with Gasteiger partial charge in [-0.3, -0.25) is 4.90 Å². The summed E-state index contributed by atoms with van der Waals surface area (Å²) in [5, 5.41) is 9.38. The maximum atomic E-state index is 9.38. The predicted octanol–water partition coefficient (Wildman–Crippen LogP) is 2.84. The molecular weight excluding hydrogens is 212 g/mol. The molecule has 3 nitrogen and oxygen atoms in total. The van der Waals surface area contributed by atoms with Gasteiger partial charge >= 0.3 is 0 Å². The molecule has 0 amide bonds. The first kappa shape index (κ1) is 13.8. The van der Waals surface area contributed by atoms with Crippen molar-refractivity contribution in [3.63, 3.8) is 0 Å². The molecule has 0 aliphatic heterocycles. The molecule has 3 heteroatoms. The minimum Gasteiger partial charge on any atom is -0.506 e. The Hall–Kier alpha value is -1.22. The van der Waals surface area contributed by atoms with E-state index in [1.165, 1.54) is 6.42 Å². The van der Waals surface area contributed by atoms with Gasteiger partial charge in [-0.25, -0.2) is 0 Å². The van der Waals surface area contributed by atoms with Gasteiger partial charge in [0.25, 0.3) is 0 Å². The second-order valence-corrected chi connectivity index (χ2v) is 4.73. The van der Waals surface area contributed by atoms with E-state index in [1.54, 1.807) is 6.07 Å². The topological polar surface area (TPSA) is 49.5 Å². The first-order valence-electron chi connectivity index (χ1n) is 6.36. The van der Waals surface area contributed by atoms with Crippen LogP contribution in [0.25, 0.3) is 0 Å². The van der Waals surface area contributed by atoms with Crippen LogP contribution in [-0.4, -0.2) is 23.1 Å². The Labute approximate surface area is 104 Å². The van der Waals surface area contributed by atoms with Crippen LogP contribution < -0.4 is 5.73 Å². The summed E-state index contributed by atoms with van der Waals surface area (Å²) in [5.74, 6) is 0.878. The fourth-order valence-electron chi connectivity index (χ4n) is 1.84. The molecule has 3 N–H and O–H groups in total. The molecule has 0 saturated heterocycles. The molecule has 0 aromatic heterocycles. The lowest BCUT2D eigenvalue weighted by Crippen LogP contribution is -2.27. The van der Waals surface area contributed by atoms with Crippen molar-refractivity contribution < 1.29 is 5.11 Å².